The quantitative estimate of drug-likeness (QED) is 0.678. The highest BCUT2D eigenvalue weighted by Gasteiger charge is 2.34. The zero-order valence-corrected chi connectivity index (χ0v) is 14.7. The molecule has 2 nitrogen and oxygen atoms in total. The van der Waals surface area contributed by atoms with Crippen LogP contribution in [0, 0.1) is 11.3 Å². The first-order valence-corrected chi connectivity index (χ1v) is 8.92. The second-order valence-electron chi connectivity index (χ2n) is 7.57. The van der Waals surface area contributed by atoms with Gasteiger partial charge in [0, 0.05) is 12.6 Å². The molecule has 1 aliphatic rings. The van der Waals surface area contributed by atoms with E-state index in [1.54, 1.807) is 0 Å². The van der Waals surface area contributed by atoms with Crippen LogP contribution in [0.3, 0.4) is 0 Å². The van der Waals surface area contributed by atoms with E-state index in [1.807, 2.05) is 0 Å². The van der Waals surface area contributed by atoms with Gasteiger partial charge in [0.1, 0.15) is 0 Å². The molecule has 2 atom stereocenters. The van der Waals surface area contributed by atoms with Crippen LogP contribution in [-0.2, 0) is 0 Å². The Morgan fingerprint density at radius 1 is 1.10 bits per heavy atom. The summed E-state index contributed by atoms with van der Waals surface area (Å²) in [5.74, 6) is 0.831. The van der Waals surface area contributed by atoms with Gasteiger partial charge in [-0.15, -0.1) is 0 Å². The molecule has 20 heavy (non-hydrogen) atoms. The largest absolute Gasteiger partial charge is 0.317 e. The second kappa shape index (κ2) is 9.04. The first kappa shape index (κ1) is 18.0. The molecule has 0 amide bonds. The van der Waals surface area contributed by atoms with E-state index in [0.29, 0.717) is 5.41 Å². The highest BCUT2D eigenvalue weighted by molar-refractivity contribution is 4.89. The third-order valence-corrected chi connectivity index (χ3v) is 5.04. The van der Waals surface area contributed by atoms with Crippen molar-refractivity contribution in [2.24, 2.45) is 11.3 Å². The monoisotopic (exact) mass is 282 g/mol. The number of unbranched alkanes of at least 4 members (excludes halogenated alkanes) is 2. The Morgan fingerprint density at radius 3 is 2.20 bits per heavy atom. The molecule has 0 heterocycles. The van der Waals surface area contributed by atoms with Crippen LogP contribution in [-0.4, -0.2) is 37.6 Å². The van der Waals surface area contributed by atoms with Crippen molar-refractivity contribution < 1.29 is 0 Å². The van der Waals surface area contributed by atoms with Gasteiger partial charge >= 0.3 is 0 Å². The Kier molecular flexibility index (Phi) is 8.13. The molecule has 0 spiro atoms. The lowest BCUT2D eigenvalue weighted by molar-refractivity contribution is 0.102. The molecule has 0 aromatic heterocycles. The predicted octanol–water partition coefficient (Wildman–Crippen LogP) is 4.30. The fraction of sp³-hybridized carbons (Fsp3) is 1.00. The standard InChI is InChI=1S/C18H38N2/c1-6-8-12-20(13-9-7-2)15-16-14-18(3,4)11-10-17(16)19-5/h16-17,19H,6-15H2,1-5H3. The fourth-order valence-corrected chi connectivity index (χ4v) is 3.70. The molecular weight excluding hydrogens is 244 g/mol. The smallest absolute Gasteiger partial charge is 0.0105 e. The Hall–Kier alpha value is -0.0800. The molecule has 0 aromatic carbocycles. The number of hydrogen-bond acceptors (Lipinski definition) is 2. The van der Waals surface area contributed by atoms with E-state index in [1.165, 1.54) is 64.6 Å². The van der Waals surface area contributed by atoms with Gasteiger partial charge in [0.05, 0.1) is 0 Å². The van der Waals surface area contributed by atoms with Gasteiger partial charge in [0.2, 0.25) is 0 Å². The Balaban J connectivity index is 2.57. The maximum atomic E-state index is 3.58. The molecule has 1 N–H and O–H groups in total. The van der Waals surface area contributed by atoms with E-state index in [0.717, 1.165) is 12.0 Å². The summed E-state index contributed by atoms with van der Waals surface area (Å²) in [4.78, 5) is 2.74. The zero-order valence-electron chi connectivity index (χ0n) is 14.7. The highest BCUT2D eigenvalue weighted by Crippen LogP contribution is 2.39. The minimum absolute atomic E-state index is 0.541. The average molecular weight is 283 g/mol. The first-order chi connectivity index (χ1) is 9.52. The van der Waals surface area contributed by atoms with Crippen molar-refractivity contribution in [2.75, 3.05) is 26.7 Å². The number of nitrogens with one attached hydrogen (secondary N) is 1. The molecular formula is C18H38N2. The van der Waals surface area contributed by atoms with E-state index in [4.69, 9.17) is 0 Å². The molecule has 2 heteroatoms. The van der Waals surface area contributed by atoms with Crippen molar-refractivity contribution in [3.8, 4) is 0 Å². The van der Waals surface area contributed by atoms with Gasteiger partial charge < -0.3 is 10.2 Å². The van der Waals surface area contributed by atoms with E-state index in [-0.39, 0.29) is 0 Å². The molecule has 0 radical (unpaired) electrons. The van der Waals surface area contributed by atoms with Gasteiger partial charge in [-0.1, -0.05) is 40.5 Å². The minimum Gasteiger partial charge on any atom is -0.317 e. The number of hydrogen-bond donors (Lipinski definition) is 1. The Morgan fingerprint density at radius 2 is 1.70 bits per heavy atom. The summed E-state index contributed by atoms with van der Waals surface area (Å²) >= 11 is 0. The lowest BCUT2D eigenvalue weighted by Gasteiger charge is -2.42. The van der Waals surface area contributed by atoms with Crippen molar-refractivity contribution >= 4 is 0 Å². The van der Waals surface area contributed by atoms with Crippen LogP contribution in [0.1, 0.15) is 72.6 Å². The lowest BCUT2D eigenvalue weighted by Crippen LogP contribution is -2.46. The van der Waals surface area contributed by atoms with Crippen LogP contribution >= 0.6 is 0 Å². The van der Waals surface area contributed by atoms with Crippen molar-refractivity contribution in [2.45, 2.75) is 78.7 Å². The number of nitrogens with zero attached hydrogens (tertiary/aromatic N) is 1. The molecule has 1 fully saturated rings. The van der Waals surface area contributed by atoms with E-state index in [2.05, 4.69) is 45.0 Å². The summed E-state index contributed by atoms with van der Waals surface area (Å²) in [5, 5.41) is 3.58. The van der Waals surface area contributed by atoms with Gasteiger partial charge in [0.15, 0.2) is 0 Å². The average Bonchev–Trinajstić information content (AvgIpc) is 2.41. The number of rotatable bonds is 9. The molecule has 120 valence electrons. The Labute approximate surface area is 127 Å². The minimum atomic E-state index is 0.541. The van der Waals surface area contributed by atoms with Gasteiger partial charge in [-0.05, 0) is 63.6 Å². The lowest BCUT2D eigenvalue weighted by atomic mass is 9.69. The van der Waals surface area contributed by atoms with Crippen LogP contribution in [0.25, 0.3) is 0 Å². The van der Waals surface area contributed by atoms with Crippen molar-refractivity contribution in [1.82, 2.24) is 10.2 Å². The van der Waals surface area contributed by atoms with Gasteiger partial charge in [-0.3, -0.25) is 0 Å². The van der Waals surface area contributed by atoms with Gasteiger partial charge in [-0.25, -0.2) is 0 Å². The predicted molar refractivity (Wildman–Crippen MR) is 90.2 cm³/mol. The second-order valence-corrected chi connectivity index (χ2v) is 7.57. The zero-order chi connectivity index (χ0) is 15.0. The summed E-state index contributed by atoms with van der Waals surface area (Å²) in [5.41, 5.74) is 0.541. The normalized spacial score (nSPS) is 26.1. The van der Waals surface area contributed by atoms with Crippen LogP contribution in [0.4, 0.5) is 0 Å². The molecule has 0 bridgehead atoms. The molecule has 0 saturated heterocycles. The Bertz CT molecular complexity index is 242. The summed E-state index contributed by atoms with van der Waals surface area (Å²) in [6.45, 7) is 13.4. The summed E-state index contributed by atoms with van der Waals surface area (Å²) < 4.78 is 0. The van der Waals surface area contributed by atoms with Crippen molar-refractivity contribution in [3.63, 3.8) is 0 Å². The fourth-order valence-electron chi connectivity index (χ4n) is 3.70. The third-order valence-electron chi connectivity index (χ3n) is 5.04. The molecule has 1 saturated carbocycles. The van der Waals surface area contributed by atoms with Gasteiger partial charge in [-0.2, -0.15) is 0 Å². The van der Waals surface area contributed by atoms with Crippen LogP contribution < -0.4 is 5.32 Å². The third kappa shape index (κ3) is 6.13. The maximum absolute atomic E-state index is 3.58. The molecule has 2 unspecified atom stereocenters. The topological polar surface area (TPSA) is 15.3 Å². The molecule has 0 aliphatic heterocycles. The van der Waals surface area contributed by atoms with Crippen molar-refractivity contribution in [1.29, 1.82) is 0 Å². The summed E-state index contributed by atoms with van der Waals surface area (Å²) in [6.07, 6.45) is 9.44. The van der Waals surface area contributed by atoms with Crippen LogP contribution in [0.2, 0.25) is 0 Å². The van der Waals surface area contributed by atoms with E-state index < -0.39 is 0 Å². The molecule has 0 aromatic rings. The summed E-state index contributed by atoms with van der Waals surface area (Å²) in [6, 6.07) is 0.730. The van der Waals surface area contributed by atoms with Crippen LogP contribution in [0.5, 0.6) is 0 Å². The first-order valence-electron chi connectivity index (χ1n) is 8.92. The maximum Gasteiger partial charge on any atom is 0.0105 e. The van der Waals surface area contributed by atoms with E-state index >= 15 is 0 Å². The SMILES string of the molecule is CCCCN(CCCC)CC1CC(C)(C)CCC1NC. The van der Waals surface area contributed by atoms with Crippen molar-refractivity contribution in [3.05, 3.63) is 0 Å². The van der Waals surface area contributed by atoms with Crippen LogP contribution in [0.15, 0.2) is 0 Å². The summed E-state index contributed by atoms with van der Waals surface area (Å²) in [7, 11) is 2.15. The van der Waals surface area contributed by atoms with E-state index in [9.17, 15) is 0 Å². The highest BCUT2D eigenvalue weighted by atomic mass is 15.1. The molecule has 1 rings (SSSR count). The molecule has 1 aliphatic carbocycles. The van der Waals surface area contributed by atoms with Gasteiger partial charge in [0.25, 0.3) is 0 Å².